The Labute approximate surface area is 168 Å². The average Bonchev–Trinajstić information content (AvgIpc) is 3.06. The molecular weight excluding hydrogens is 388 g/mol. The third-order valence-corrected chi connectivity index (χ3v) is 7.12. The number of aliphatic carboxylic acids is 2. The number of ether oxygens (including phenoxy) is 2. The summed E-state index contributed by atoms with van der Waals surface area (Å²) in [5.41, 5.74) is 0. The molecule has 1 aliphatic heterocycles. The number of carbonyl (C=O) groups is 2. The number of hydrogen-bond donors (Lipinski definition) is 2. The topological polar surface area (TPSA) is 93.1 Å². The number of carboxylic acids is 2. The van der Waals surface area contributed by atoms with Gasteiger partial charge in [0.25, 0.3) is 0 Å². The van der Waals surface area contributed by atoms with Gasteiger partial charge in [-0.15, -0.1) is 11.8 Å². The third kappa shape index (κ3) is 8.45. The molecule has 1 unspecified atom stereocenters. The van der Waals surface area contributed by atoms with E-state index in [4.69, 9.17) is 19.7 Å². The zero-order valence-corrected chi connectivity index (χ0v) is 16.8. The summed E-state index contributed by atoms with van der Waals surface area (Å²) in [7, 11) is 0. The van der Waals surface area contributed by atoms with Gasteiger partial charge in [-0.1, -0.05) is 18.2 Å². The molecule has 0 spiro atoms. The van der Waals surface area contributed by atoms with Crippen molar-refractivity contribution in [1.29, 1.82) is 0 Å². The average molecular weight is 415 g/mol. The van der Waals surface area contributed by atoms with Crippen LogP contribution in [0.1, 0.15) is 32.1 Å². The molecule has 8 heteroatoms. The van der Waals surface area contributed by atoms with Gasteiger partial charge in [-0.05, 0) is 37.1 Å². The fourth-order valence-electron chi connectivity index (χ4n) is 2.76. The normalized spacial score (nSPS) is 18.3. The minimum atomic E-state index is -0.884. The van der Waals surface area contributed by atoms with Gasteiger partial charge in [0.05, 0.1) is 13.2 Å². The summed E-state index contributed by atoms with van der Waals surface area (Å²) < 4.78 is 11.6. The molecule has 1 fully saturated rings. The van der Waals surface area contributed by atoms with E-state index >= 15 is 0 Å². The van der Waals surface area contributed by atoms with Crippen LogP contribution in [0, 0.1) is 0 Å². The van der Waals surface area contributed by atoms with Crippen LogP contribution in [0.2, 0.25) is 0 Å². The predicted molar refractivity (Wildman–Crippen MR) is 108 cm³/mol. The van der Waals surface area contributed by atoms with Gasteiger partial charge in [-0.2, -0.15) is 11.8 Å². The van der Waals surface area contributed by atoms with Crippen molar-refractivity contribution in [2.75, 3.05) is 24.7 Å². The maximum Gasteiger partial charge on any atom is 0.303 e. The molecule has 150 valence electrons. The first-order valence-corrected chi connectivity index (χ1v) is 11.0. The molecule has 6 nitrogen and oxygen atoms in total. The number of para-hydroxylation sites is 1. The van der Waals surface area contributed by atoms with Crippen LogP contribution in [0.5, 0.6) is 5.75 Å². The monoisotopic (exact) mass is 414 g/mol. The summed E-state index contributed by atoms with van der Waals surface area (Å²) in [6, 6.07) is 9.72. The molecule has 2 N–H and O–H groups in total. The maximum absolute atomic E-state index is 10.9. The minimum Gasteiger partial charge on any atom is -0.494 e. The molecule has 2 rings (SSSR count). The van der Waals surface area contributed by atoms with Crippen LogP contribution in [0.3, 0.4) is 0 Å². The second-order valence-corrected chi connectivity index (χ2v) is 9.14. The molecule has 0 aliphatic carbocycles. The zero-order valence-electron chi connectivity index (χ0n) is 15.2. The molecule has 0 bridgehead atoms. The van der Waals surface area contributed by atoms with Crippen molar-refractivity contribution in [2.24, 2.45) is 0 Å². The molecule has 0 amide bonds. The number of benzene rings is 1. The summed E-state index contributed by atoms with van der Waals surface area (Å²) in [5.74, 6) is 0.984. The van der Waals surface area contributed by atoms with E-state index < -0.39 is 16.9 Å². The van der Waals surface area contributed by atoms with Crippen LogP contribution >= 0.6 is 23.5 Å². The van der Waals surface area contributed by atoms with Crippen molar-refractivity contribution in [1.82, 2.24) is 0 Å². The van der Waals surface area contributed by atoms with E-state index in [2.05, 4.69) is 0 Å². The molecule has 0 saturated carbocycles. The van der Waals surface area contributed by atoms with Crippen LogP contribution in [0.15, 0.2) is 30.3 Å². The smallest absolute Gasteiger partial charge is 0.303 e. The molecule has 1 heterocycles. The highest BCUT2D eigenvalue weighted by atomic mass is 32.2. The Morgan fingerprint density at radius 1 is 1.19 bits per heavy atom. The van der Waals surface area contributed by atoms with Crippen molar-refractivity contribution in [3.8, 4) is 5.75 Å². The summed E-state index contributed by atoms with van der Waals surface area (Å²) in [6.07, 6.45) is 1.60. The van der Waals surface area contributed by atoms with E-state index in [9.17, 15) is 9.59 Å². The van der Waals surface area contributed by atoms with Gasteiger partial charge in [0.2, 0.25) is 0 Å². The van der Waals surface area contributed by atoms with Crippen molar-refractivity contribution < 1.29 is 29.3 Å². The Morgan fingerprint density at radius 3 is 2.48 bits per heavy atom. The fourth-order valence-corrected chi connectivity index (χ4v) is 5.49. The van der Waals surface area contributed by atoms with Crippen molar-refractivity contribution in [2.45, 2.75) is 42.3 Å². The summed E-state index contributed by atoms with van der Waals surface area (Å²) in [4.78, 5) is 21.1. The second-order valence-electron chi connectivity index (χ2n) is 6.34. The van der Waals surface area contributed by atoms with Crippen LogP contribution in [0.4, 0.5) is 0 Å². The standard InChI is InChI=1S/C19H26O6S2/c20-17(21)7-9-19(10-8-18(22)23)25-13-16(27-19)14-26-12-4-11-24-15-5-2-1-3-6-15/h1-3,5-6,16H,4,7-14H2,(H,20,21)(H,22,23). The van der Waals surface area contributed by atoms with Crippen molar-refractivity contribution >= 4 is 35.5 Å². The number of carboxylic acid groups (broad SMARTS) is 2. The van der Waals surface area contributed by atoms with E-state index in [0.717, 1.165) is 23.7 Å². The molecule has 1 aromatic rings. The van der Waals surface area contributed by atoms with Crippen molar-refractivity contribution in [3.63, 3.8) is 0 Å². The largest absolute Gasteiger partial charge is 0.494 e. The van der Waals surface area contributed by atoms with E-state index in [1.807, 2.05) is 42.1 Å². The van der Waals surface area contributed by atoms with Crippen LogP contribution in [-0.4, -0.2) is 57.1 Å². The Hall–Kier alpha value is -1.38. The first-order valence-electron chi connectivity index (χ1n) is 9.00. The zero-order chi connectivity index (χ0) is 19.5. The Morgan fingerprint density at radius 2 is 1.85 bits per heavy atom. The van der Waals surface area contributed by atoms with Gasteiger partial charge in [-0.3, -0.25) is 9.59 Å². The van der Waals surface area contributed by atoms with Crippen LogP contribution in [-0.2, 0) is 14.3 Å². The first kappa shape index (κ1) is 21.9. The third-order valence-electron chi connectivity index (χ3n) is 4.10. The number of rotatable bonds is 13. The summed E-state index contributed by atoms with van der Waals surface area (Å²) in [5, 5.41) is 18.1. The lowest BCUT2D eigenvalue weighted by molar-refractivity contribution is -0.138. The van der Waals surface area contributed by atoms with Gasteiger partial charge in [0.15, 0.2) is 0 Å². The molecule has 1 aromatic carbocycles. The highest BCUT2D eigenvalue weighted by molar-refractivity contribution is 8.04. The van der Waals surface area contributed by atoms with E-state index in [-0.39, 0.29) is 18.1 Å². The van der Waals surface area contributed by atoms with Crippen LogP contribution < -0.4 is 4.74 Å². The van der Waals surface area contributed by atoms with E-state index in [1.54, 1.807) is 11.8 Å². The van der Waals surface area contributed by atoms with Crippen molar-refractivity contribution in [3.05, 3.63) is 30.3 Å². The molecule has 0 aromatic heterocycles. The molecular formula is C19H26O6S2. The van der Waals surface area contributed by atoms with Gasteiger partial charge in [0.1, 0.15) is 10.7 Å². The minimum absolute atomic E-state index is 0.0106. The Balaban J connectivity index is 1.66. The summed E-state index contributed by atoms with van der Waals surface area (Å²) >= 11 is 3.42. The summed E-state index contributed by atoms with van der Waals surface area (Å²) in [6.45, 7) is 1.21. The second kappa shape index (κ2) is 11.5. The maximum atomic E-state index is 10.9. The lowest BCUT2D eigenvalue weighted by atomic mass is 10.1. The molecule has 1 aliphatic rings. The lowest BCUT2D eigenvalue weighted by Crippen LogP contribution is -2.26. The highest BCUT2D eigenvalue weighted by Crippen LogP contribution is 2.45. The Bertz CT molecular complexity index is 577. The molecule has 0 radical (unpaired) electrons. The highest BCUT2D eigenvalue weighted by Gasteiger charge is 2.41. The van der Waals surface area contributed by atoms with Crippen LogP contribution in [0.25, 0.3) is 0 Å². The van der Waals surface area contributed by atoms with Gasteiger partial charge >= 0.3 is 11.9 Å². The number of hydrogen-bond acceptors (Lipinski definition) is 6. The number of thioether (sulfide) groups is 2. The van der Waals surface area contributed by atoms with Gasteiger partial charge in [-0.25, -0.2) is 0 Å². The predicted octanol–water partition coefficient (Wildman–Crippen LogP) is 3.75. The molecule has 1 atom stereocenters. The molecule has 1 saturated heterocycles. The molecule has 27 heavy (non-hydrogen) atoms. The first-order chi connectivity index (χ1) is 13.0. The fraction of sp³-hybridized carbons (Fsp3) is 0.579. The quantitative estimate of drug-likeness (QED) is 0.472. The van der Waals surface area contributed by atoms with Gasteiger partial charge in [0, 0.05) is 23.8 Å². The SMILES string of the molecule is O=C(O)CCC1(CCC(=O)O)OCC(CSCCCOc2ccccc2)S1. The van der Waals surface area contributed by atoms with E-state index in [1.165, 1.54) is 0 Å². The van der Waals surface area contributed by atoms with E-state index in [0.29, 0.717) is 26.1 Å². The van der Waals surface area contributed by atoms with Gasteiger partial charge < -0.3 is 19.7 Å². The Kier molecular flexibility index (Phi) is 9.30. The lowest BCUT2D eigenvalue weighted by Gasteiger charge is -2.26.